The molecular formula is C25H30F3N3O3. The summed E-state index contributed by atoms with van der Waals surface area (Å²) in [5.74, 6) is 2.23. The van der Waals surface area contributed by atoms with Gasteiger partial charge in [0.25, 0.3) is 0 Å². The number of nitrogens with one attached hydrogen (secondary N) is 1. The molecule has 0 radical (unpaired) electrons. The molecule has 3 fully saturated rings. The minimum Gasteiger partial charge on any atom is -0.436 e. The van der Waals surface area contributed by atoms with Crippen LogP contribution in [-0.4, -0.2) is 49.2 Å². The highest BCUT2D eigenvalue weighted by Crippen LogP contribution is 2.46. The van der Waals surface area contributed by atoms with Crippen LogP contribution in [-0.2, 0) is 15.7 Å². The largest absolute Gasteiger partial charge is 0.436 e. The predicted octanol–water partition coefficient (Wildman–Crippen LogP) is 5.04. The molecule has 9 heteroatoms. The van der Waals surface area contributed by atoms with Gasteiger partial charge in [-0.05, 0) is 50.3 Å². The molecule has 0 aromatic heterocycles. The van der Waals surface area contributed by atoms with Gasteiger partial charge in [0.05, 0.1) is 11.0 Å². The number of anilines is 2. The standard InChI is InChI=1S/C25H30F3N3O3/c1-2-15-34-23(33)29-18-9-10-21(20(16-18)25(26,27)28)30-13-6-11-24(17-30)12-14-31(22(24)32)19-7-4-3-5-8-19/h1,9-10,16,19H,3-8,11-15,17H2,(H,29,33)/t24-/m1/s1. The molecule has 1 aliphatic carbocycles. The van der Waals surface area contributed by atoms with Gasteiger partial charge >= 0.3 is 12.3 Å². The lowest BCUT2D eigenvalue weighted by atomic mass is 9.78. The number of ether oxygens (including phenoxy) is 1. The molecule has 1 spiro atoms. The Balaban J connectivity index is 1.55. The van der Waals surface area contributed by atoms with Crippen LogP contribution in [0, 0.1) is 17.8 Å². The maximum atomic E-state index is 14.0. The van der Waals surface area contributed by atoms with E-state index in [1.807, 2.05) is 4.90 Å². The molecule has 2 aliphatic heterocycles. The van der Waals surface area contributed by atoms with Crippen molar-refractivity contribution in [3.63, 3.8) is 0 Å². The van der Waals surface area contributed by atoms with Gasteiger partial charge in [0, 0.05) is 37.1 Å². The number of carbonyl (C=O) groups excluding carboxylic acids is 2. The Morgan fingerprint density at radius 2 is 1.94 bits per heavy atom. The van der Waals surface area contributed by atoms with Gasteiger partial charge in [0.1, 0.15) is 0 Å². The van der Waals surface area contributed by atoms with E-state index >= 15 is 0 Å². The number of alkyl halides is 3. The van der Waals surface area contributed by atoms with Gasteiger partial charge in [-0.2, -0.15) is 13.2 Å². The number of likely N-dealkylation sites (tertiary alicyclic amines) is 1. The maximum Gasteiger partial charge on any atom is 0.418 e. The molecule has 0 unspecified atom stereocenters. The van der Waals surface area contributed by atoms with E-state index < -0.39 is 23.2 Å². The molecule has 1 N–H and O–H groups in total. The van der Waals surface area contributed by atoms with E-state index in [4.69, 9.17) is 6.42 Å². The van der Waals surface area contributed by atoms with Gasteiger partial charge < -0.3 is 14.5 Å². The van der Waals surface area contributed by atoms with E-state index in [2.05, 4.69) is 16.0 Å². The van der Waals surface area contributed by atoms with Crippen molar-refractivity contribution in [2.75, 3.05) is 36.5 Å². The van der Waals surface area contributed by atoms with Crippen molar-refractivity contribution >= 4 is 23.4 Å². The van der Waals surface area contributed by atoms with Crippen LogP contribution in [0.15, 0.2) is 18.2 Å². The lowest BCUT2D eigenvalue weighted by Crippen LogP contribution is -2.50. The van der Waals surface area contributed by atoms with E-state index in [1.54, 1.807) is 4.90 Å². The SMILES string of the molecule is C#CCOC(=O)Nc1ccc(N2CCC[C@@]3(CCN(C4CCCCC4)C3=O)C2)c(C(F)(F)F)c1. The highest BCUT2D eigenvalue weighted by molar-refractivity contribution is 5.87. The average Bonchev–Trinajstić information content (AvgIpc) is 3.12. The second-order valence-corrected chi connectivity index (χ2v) is 9.48. The second kappa shape index (κ2) is 9.77. The summed E-state index contributed by atoms with van der Waals surface area (Å²) in [4.78, 5) is 28.9. The van der Waals surface area contributed by atoms with Crippen molar-refractivity contribution in [2.24, 2.45) is 5.41 Å². The summed E-state index contributed by atoms with van der Waals surface area (Å²) >= 11 is 0. The van der Waals surface area contributed by atoms with Gasteiger partial charge in [-0.3, -0.25) is 10.1 Å². The number of hydrogen-bond donors (Lipinski definition) is 1. The van der Waals surface area contributed by atoms with E-state index in [0.717, 1.165) is 31.7 Å². The average molecular weight is 478 g/mol. The number of benzene rings is 1. The summed E-state index contributed by atoms with van der Waals surface area (Å²) < 4.78 is 46.7. The molecule has 6 nitrogen and oxygen atoms in total. The number of piperidine rings is 1. The van der Waals surface area contributed by atoms with E-state index in [1.165, 1.54) is 18.6 Å². The Labute approximate surface area is 197 Å². The summed E-state index contributed by atoms with van der Waals surface area (Å²) in [6.07, 6.45) is 6.99. The van der Waals surface area contributed by atoms with Crippen molar-refractivity contribution < 1.29 is 27.5 Å². The highest BCUT2D eigenvalue weighted by atomic mass is 19.4. The van der Waals surface area contributed by atoms with Gasteiger partial charge in [0.15, 0.2) is 6.61 Å². The Morgan fingerprint density at radius 1 is 1.18 bits per heavy atom. The van der Waals surface area contributed by atoms with Crippen molar-refractivity contribution in [1.29, 1.82) is 0 Å². The molecule has 4 rings (SSSR count). The third kappa shape index (κ3) is 4.96. The van der Waals surface area contributed by atoms with Gasteiger partial charge in [0.2, 0.25) is 5.91 Å². The van der Waals surface area contributed by atoms with E-state index in [9.17, 15) is 22.8 Å². The topological polar surface area (TPSA) is 61.9 Å². The summed E-state index contributed by atoms with van der Waals surface area (Å²) in [6.45, 7) is 1.12. The Bertz CT molecular complexity index is 968. The molecule has 34 heavy (non-hydrogen) atoms. The number of nitrogens with zero attached hydrogens (tertiary/aromatic N) is 2. The normalized spacial score (nSPS) is 23.8. The molecule has 2 saturated heterocycles. The quantitative estimate of drug-likeness (QED) is 0.618. The predicted molar refractivity (Wildman–Crippen MR) is 122 cm³/mol. The highest BCUT2D eigenvalue weighted by Gasteiger charge is 2.51. The van der Waals surface area contributed by atoms with Gasteiger partial charge in [-0.15, -0.1) is 6.42 Å². The Kier molecular flexibility index (Phi) is 6.96. The molecule has 1 aromatic carbocycles. The fraction of sp³-hybridized carbons (Fsp3) is 0.600. The Morgan fingerprint density at radius 3 is 2.65 bits per heavy atom. The first-order chi connectivity index (χ1) is 16.2. The zero-order chi connectivity index (χ0) is 24.3. The first kappa shape index (κ1) is 24.2. The number of amides is 2. The minimum absolute atomic E-state index is 0.0260. The van der Waals surface area contributed by atoms with Crippen LogP contribution < -0.4 is 10.2 Å². The van der Waals surface area contributed by atoms with E-state index in [-0.39, 0.29) is 36.5 Å². The molecule has 0 bridgehead atoms. The smallest absolute Gasteiger partial charge is 0.418 e. The van der Waals surface area contributed by atoms with Crippen molar-refractivity contribution in [1.82, 2.24) is 4.90 Å². The first-order valence-electron chi connectivity index (χ1n) is 11.9. The zero-order valence-electron chi connectivity index (χ0n) is 19.1. The van der Waals surface area contributed by atoms with Crippen LogP contribution >= 0.6 is 0 Å². The summed E-state index contributed by atoms with van der Waals surface area (Å²) in [7, 11) is 0. The molecule has 1 atom stereocenters. The maximum absolute atomic E-state index is 14.0. The second-order valence-electron chi connectivity index (χ2n) is 9.48. The molecule has 1 saturated carbocycles. The minimum atomic E-state index is -4.63. The lowest BCUT2D eigenvalue weighted by Gasteiger charge is -2.42. The summed E-state index contributed by atoms with van der Waals surface area (Å²) in [6, 6.07) is 3.94. The van der Waals surface area contributed by atoms with E-state index in [0.29, 0.717) is 32.4 Å². The molecule has 2 heterocycles. The zero-order valence-corrected chi connectivity index (χ0v) is 19.1. The fourth-order valence-electron chi connectivity index (χ4n) is 5.68. The monoisotopic (exact) mass is 477 g/mol. The van der Waals surface area contributed by atoms with Crippen LogP contribution in [0.2, 0.25) is 0 Å². The number of hydrogen-bond acceptors (Lipinski definition) is 4. The lowest BCUT2D eigenvalue weighted by molar-refractivity contribution is -0.139. The van der Waals surface area contributed by atoms with Crippen molar-refractivity contribution in [3.05, 3.63) is 23.8 Å². The fourth-order valence-corrected chi connectivity index (χ4v) is 5.68. The first-order valence-corrected chi connectivity index (χ1v) is 11.9. The third-order valence-electron chi connectivity index (χ3n) is 7.31. The van der Waals surface area contributed by atoms with Crippen molar-refractivity contribution in [3.8, 4) is 12.3 Å². The Hall–Kier alpha value is -2.89. The molecule has 2 amide bonds. The molecule has 1 aromatic rings. The molecular weight excluding hydrogens is 447 g/mol. The van der Waals surface area contributed by atoms with Crippen LogP contribution in [0.5, 0.6) is 0 Å². The molecule has 3 aliphatic rings. The van der Waals surface area contributed by atoms with Gasteiger partial charge in [-0.1, -0.05) is 25.2 Å². The van der Waals surface area contributed by atoms with Crippen LogP contribution in [0.3, 0.4) is 0 Å². The van der Waals surface area contributed by atoms with Crippen LogP contribution in [0.4, 0.5) is 29.3 Å². The number of carbonyl (C=O) groups is 2. The third-order valence-corrected chi connectivity index (χ3v) is 7.31. The number of terminal acetylenes is 1. The number of rotatable bonds is 4. The number of halogens is 3. The molecule has 184 valence electrons. The van der Waals surface area contributed by atoms with Crippen LogP contribution in [0.25, 0.3) is 0 Å². The van der Waals surface area contributed by atoms with Crippen LogP contribution in [0.1, 0.15) is 56.9 Å². The van der Waals surface area contributed by atoms with Gasteiger partial charge in [-0.25, -0.2) is 4.79 Å². The summed E-state index contributed by atoms with van der Waals surface area (Å²) in [5, 5.41) is 2.28. The summed E-state index contributed by atoms with van der Waals surface area (Å²) in [5.41, 5.74) is -1.49. The van der Waals surface area contributed by atoms with Crippen molar-refractivity contribution in [2.45, 2.75) is 63.6 Å².